The molecular formula is C12H16F3N5O. The highest BCUT2D eigenvalue weighted by Crippen LogP contribution is 2.31. The van der Waals surface area contributed by atoms with Gasteiger partial charge in [-0.25, -0.2) is 4.98 Å². The first kappa shape index (κ1) is 15.3. The van der Waals surface area contributed by atoms with Crippen molar-refractivity contribution in [1.29, 1.82) is 0 Å². The summed E-state index contributed by atoms with van der Waals surface area (Å²) in [6, 6.07) is 0.894. The van der Waals surface area contributed by atoms with Gasteiger partial charge < -0.3 is 16.4 Å². The molecule has 0 unspecified atom stereocenters. The molecule has 0 saturated carbocycles. The number of hydrogen-bond acceptors (Lipinski definition) is 5. The summed E-state index contributed by atoms with van der Waals surface area (Å²) in [4.78, 5) is 19.6. The Kier molecular flexibility index (Phi) is 4.19. The van der Waals surface area contributed by atoms with Crippen molar-refractivity contribution >= 4 is 17.7 Å². The summed E-state index contributed by atoms with van der Waals surface area (Å²) in [5.74, 6) is -0.439. The van der Waals surface area contributed by atoms with Crippen LogP contribution in [0.5, 0.6) is 0 Å². The van der Waals surface area contributed by atoms with Gasteiger partial charge in [0.25, 0.3) is 0 Å². The molecule has 0 radical (unpaired) electrons. The molecule has 1 aliphatic heterocycles. The van der Waals surface area contributed by atoms with Crippen LogP contribution in [0.2, 0.25) is 0 Å². The van der Waals surface area contributed by atoms with Crippen LogP contribution >= 0.6 is 0 Å². The van der Waals surface area contributed by atoms with E-state index in [1.54, 1.807) is 4.90 Å². The predicted octanol–water partition coefficient (Wildman–Crippen LogP) is 1.17. The lowest BCUT2D eigenvalue weighted by molar-refractivity contribution is -0.141. The minimum absolute atomic E-state index is 0.160. The Hall–Kier alpha value is -2.06. The van der Waals surface area contributed by atoms with E-state index in [9.17, 15) is 18.0 Å². The molecular weight excluding hydrogens is 287 g/mol. The van der Waals surface area contributed by atoms with Crippen molar-refractivity contribution in [3.63, 3.8) is 0 Å². The van der Waals surface area contributed by atoms with Crippen LogP contribution in [0.3, 0.4) is 0 Å². The highest BCUT2D eigenvalue weighted by atomic mass is 19.4. The number of amides is 1. The summed E-state index contributed by atoms with van der Waals surface area (Å²) < 4.78 is 38.1. The fraction of sp³-hybridized carbons (Fsp3) is 0.583. The first-order valence-electron chi connectivity index (χ1n) is 6.50. The third kappa shape index (κ3) is 3.96. The number of alkyl halides is 3. The largest absolute Gasteiger partial charge is 0.433 e. The molecule has 2 rings (SSSR count). The number of nitrogens with two attached hydrogens (primary N) is 2. The number of rotatable bonds is 3. The summed E-state index contributed by atoms with van der Waals surface area (Å²) in [6.45, 7) is 1.01. The highest BCUT2D eigenvalue weighted by molar-refractivity contribution is 5.74. The smallest absolute Gasteiger partial charge is 0.370 e. The maximum Gasteiger partial charge on any atom is 0.433 e. The number of aromatic nitrogens is 2. The molecule has 1 fully saturated rings. The Balaban J connectivity index is 2.10. The standard InChI is InChI=1S/C12H16F3N5O/c13-12(14,15)8-6-10(19-11(17)18-8)20-3-1-7(2-4-20)5-9(16)21/h6-7H,1-5H2,(H2,16,21)(H2,17,18,19). The molecule has 1 aliphatic rings. The Bertz CT molecular complexity index is 526. The normalized spacial score (nSPS) is 17.0. The van der Waals surface area contributed by atoms with Gasteiger partial charge in [-0.3, -0.25) is 4.79 Å². The third-order valence-electron chi connectivity index (χ3n) is 3.45. The summed E-state index contributed by atoms with van der Waals surface area (Å²) in [6.07, 6.45) is -2.91. The van der Waals surface area contributed by atoms with Gasteiger partial charge in [-0.2, -0.15) is 18.2 Å². The van der Waals surface area contributed by atoms with Crippen LogP contribution < -0.4 is 16.4 Å². The van der Waals surface area contributed by atoms with Crippen molar-refractivity contribution in [2.45, 2.75) is 25.4 Å². The number of hydrogen-bond donors (Lipinski definition) is 2. The lowest BCUT2D eigenvalue weighted by atomic mass is 9.93. The first-order chi connectivity index (χ1) is 9.75. The van der Waals surface area contributed by atoms with E-state index in [0.29, 0.717) is 32.4 Å². The summed E-state index contributed by atoms with van der Waals surface area (Å²) in [7, 11) is 0. The number of nitrogens with zero attached hydrogens (tertiary/aromatic N) is 3. The lowest BCUT2D eigenvalue weighted by Crippen LogP contribution is -2.36. The SMILES string of the molecule is NC(=O)CC1CCN(c2cc(C(F)(F)F)nc(N)n2)CC1. The average Bonchev–Trinajstić information content (AvgIpc) is 2.37. The Labute approximate surface area is 119 Å². The van der Waals surface area contributed by atoms with Gasteiger partial charge in [0.2, 0.25) is 11.9 Å². The van der Waals surface area contributed by atoms with Gasteiger partial charge in [0.15, 0.2) is 5.69 Å². The van der Waals surface area contributed by atoms with Crippen LogP contribution in [0.4, 0.5) is 24.9 Å². The minimum Gasteiger partial charge on any atom is -0.370 e. The maximum absolute atomic E-state index is 12.7. The third-order valence-corrected chi connectivity index (χ3v) is 3.45. The van der Waals surface area contributed by atoms with Gasteiger partial charge in [0, 0.05) is 25.6 Å². The molecule has 0 spiro atoms. The molecule has 4 N–H and O–H groups in total. The van der Waals surface area contributed by atoms with Crippen LogP contribution in [0.15, 0.2) is 6.07 Å². The zero-order chi connectivity index (χ0) is 15.6. The lowest BCUT2D eigenvalue weighted by Gasteiger charge is -2.32. The van der Waals surface area contributed by atoms with Crippen LogP contribution in [0, 0.1) is 5.92 Å². The molecule has 1 aromatic rings. The molecule has 1 amide bonds. The summed E-state index contributed by atoms with van der Waals surface area (Å²) in [5, 5.41) is 0. The monoisotopic (exact) mass is 303 g/mol. The molecule has 21 heavy (non-hydrogen) atoms. The fourth-order valence-corrected chi connectivity index (χ4v) is 2.41. The zero-order valence-electron chi connectivity index (χ0n) is 11.2. The second kappa shape index (κ2) is 5.74. The number of piperidine rings is 1. The fourth-order valence-electron chi connectivity index (χ4n) is 2.41. The molecule has 2 heterocycles. The minimum atomic E-state index is -4.56. The van der Waals surface area contributed by atoms with Crippen LogP contribution in [0.1, 0.15) is 25.0 Å². The van der Waals surface area contributed by atoms with E-state index in [2.05, 4.69) is 9.97 Å². The summed E-state index contributed by atoms with van der Waals surface area (Å²) in [5.41, 5.74) is 9.44. The first-order valence-corrected chi connectivity index (χ1v) is 6.50. The Morgan fingerprint density at radius 1 is 1.33 bits per heavy atom. The molecule has 0 atom stereocenters. The van der Waals surface area contributed by atoms with Crippen molar-refractivity contribution in [2.75, 3.05) is 23.7 Å². The molecule has 6 nitrogen and oxygen atoms in total. The number of carbonyl (C=O) groups excluding carboxylic acids is 1. The molecule has 1 saturated heterocycles. The van der Waals surface area contributed by atoms with Crippen LogP contribution in [-0.4, -0.2) is 29.0 Å². The Morgan fingerprint density at radius 3 is 2.48 bits per heavy atom. The van der Waals surface area contributed by atoms with Gasteiger partial charge in [0.1, 0.15) is 5.82 Å². The van der Waals surface area contributed by atoms with E-state index in [-0.39, 0.29) is 17.6 Å². The Morgan fingerprint density at radius 2 is 1.95 bits per heavy atom. The van der Waals surface area contributed by atoms with Gasteiger partial charge >= 0.3 is 6.18 Å². The second-order valence-corrected chi connectivity index (χ2v) is 5.07. The average molecular weight is 303 g/mol. The van der Waals surface area contributed by atoms with E-state index in [4.69, 9.17) is 11.5 Å². The molecule has 0 bridgehead atoms. The topological polar surface area (TPSA) is 98.1 Å². The number of nitrogen functional groups attached to an aromatic ring is 1. The summed E-state index contributed by atoms with van der Waals surface area (Å²) >= 11 is 0. The van der Waals surface area contributed by atoms with Crippen LogP contribution in [0.25, 0.3) is 0 Å². The van der Waals surface area contributed by atoms with Gasteiger partial charge in [-0.1, -0.05) is 0 Å². The van der Waals surface area contributed by atoms with E-state index in [1.807, 2.05) is 0 Å². The number of anilines is 2. The molecule has 1 aromatic heterocycles. The number of halogens is 3. The van der Waals surface area contributed by atoms with E-state index in [0.717, 1.165) is 6.07 Å². The van der Waals surface area contributed by atoms with Crippen molar-refractivity contribution in [2.24, 2.45) is 11.7 Å². The van der Waals surface area contributed by atoms with Crippen molar-refractivity contribution < 1.29 is 18.0 Å². The molecule has 0 aromatic carbocycles. The van der Waals surface area contributed by atoms with Crippen molar-refractivity contribution in [1.82, 2.24) is 9.97 Å². The van der Waals surface area contributed by atoms with Gasteiger partial charge in [-0.15, -0.1) is 0 Å². The molecule has 0 aliphatic carbocycles. The van der Waals surface area contributed by atoms with Crippen molar-refractivity contribution in [3.8, 4) is 0 Å². The van der Waals surface area contributed by atoms with Gasteiger partial charge in [-0.05, 0) is 18.8 Å². The van der Waals surface area contributed by atoms with Crippen LogP contribution in [-0.2, 0) is 11.0 Å². The molecule has 116 valence electrons. The molecule has 9 heteroatoms. The quantitative estimate of drug-likeness (QED) is 0.873. The highest BCUT2D eigenvalue weighted by Gasteiger charge is 2.34. The van der Waals surface area contributed by atoms with E-state index >= 15 is 0 Å². The second-order valence-electron chi connectivity index (χ2n) is 5.07. The number of primary amides is 1. The van der Waals surface area contributed by atoms with E-state index < -0.39 is 17.8 Å². The number of carbonyl (C=O) groups is 1. The maximum atomic E-state index is 12.7. The van der Waals surface area contributed by atoms with Crippen molar-refractivity contribution in [3.05, 3.63) is 11.8 Å². The van der Waals surface area contributed by atoms with Gasteiger partial charge in [0.05, 0.1) is 0 Å². The predicted molar refractivity (Wildman–Crippen MR) is 70.2 cm³/mol. The zero-order valence-corrected chi connectivity index (χ0v) is 11.2. The van der Waals surface area contributed by atoms with E-state index in [1.165, 1.54) is 0 Å².